The third kappa shape index (κ3) is 5.15. The molecule has 1 aliphatic rings. The van der Waals surface area contributed by atoms with Gasteiger partial charge in [0.15, 0.2) is 6.29 Å². The molecule has 2 rings (SSSR count). The van der Waals surface area contributed by atoms with Crippen molar-refractivity contribution in [3.05, 3.63) is 17.5 Å². The molecule has 1 aromatic rings. The van der Waals surface area contributed by atoms with Crippen molar-refractivity contribution in [3.8, 4) is 0 Å². The first-order valence-corrected chi connectivity index (χ1v) is 8.41. The van der Waals surface area contributed by atoms with Gasteiger partial charge in [0.25, 0.3) is 0 Å². The second kappa shape index (κ2) is 7.14. The lowest BCUT2D eigenvalue weighted by molar-refractivity contribution is -0.170. The van der Waals surface area contributed by atoms with Crippen molar-refractivity contribution in [1.82, 2.24) is 5.16 Å². The summed E-state index contributed by atoms with van der Waals surface area (Å²) in [4.78, 5) is 12.1. The smallest absolute Gasteiger partial charge is 0.157 e. The number of carbonyl (C=O) groups is 1. The third-order valence-electron chi connectivity index (χ3n) is 4.19. The van der Waals surface area contributed by atoms with E-state index in [9.17, 15) is 4.79 Å². The first-order valence-electron chi connectivity index (χ1n) is 8.41. The second-order valence-electron chi connectivity index (χ2n) is 8.02. The predicted octanol–water partition coefficient (Wildman–Crippen LogP) is 3.65. The highest BCUT2D eigenvalue weighted by molar-refractivity contribution is 5.85. The van der Waals surface area contributed by atoms with Crippen LogP contribution in [0.2, 0.25) is 0 Å². The number of ketones is 1. The van der Waals surface area contributed by atoms with Crippen LogP contribution in [-0.2, 0) is 26.1 Å². The summed E-state index contributed by atoms with van der Waals surface area (Å²) in [5.74, 6) is 0.756. The highest BCUT2D eigenvalue weighted by Crippen LogP contribution is 2.26. The molecule has 1 aliphatic heterocycles. The monoisotopic (exact) mass is 323 g/mol. The normalized spacial score (nSPS) is 19.8. The Hall–Kier alpha value is -1.20. The van der Waals surface area contributed by atoms with E-state index in [4.69, 9.17) is 14.0 Å². The van der Waals surface area contributed by atoms with E-state index in [2.05, 4.69) is 19.0 Å². The summed E-state index contributed by atoms with van der Waals surface area (Å²) in [6, 6.07) is 1.87. The summed E-state index contributed by atoms with van der Waals surface area (Å²) in [6.07, 6.45) is 3.36. The van der Waals surface area contributed by atoms with Gasteiger partial charge < -0.3 is 14.0 Å². The van der Waals surface area contributed by atoms with Crippen LogP contribution in [0.4, 0.5) is 0 Å². The number of aromatic nitrogens is 1. The topological polar surface area (TPSA) is 61.6 Å². The minimum Gasteiger partial charge on any atom is -0.361 e. The molecule has 1 aromatic heterocycles. The number of ether oxygens (including phenoxy) is 2. The van der Waals surface area contributed by atoms with Crippen molar-refractivity contribution in [2.45, 2.75) is 72.0 Å². The largest absolute Gasteiger partial charge is 0.361 e. The van der Waals surface area contributed by atoms with E-state index in [0.717, 1.165) is 31.6 Å². The lowest BCUT2D eigenvalue weighted by atomic mass is 9.87. The summed E-state index contributed by atoms with van der Waals surface area (Å²) in [5.41, 5.74) is 0.155. The number of rotatable bonds is 6. The Morgan fingerprint density at radius 1 is 1.30 bits per heavy atom. The van der Waals surface area contributed by atoms with Gasteiger partial charge in [0.2, 0.25) is 0 Å². The first-order chi connectivity index (χ1) is 10.7. The molecule has 1 atom stereocenters. The Balaban J connectivity index is 1.93. The molecular weight excluding hydrogens is 294 g/mol. The zero-order valence-corrected chi connectivity index (χ0v) is 15.0. The maximum Gasteiger partial charge on any atom is 0.157 e. The molecule has 0 bridgehead atoms. The quantitative estimate of drug-likeness (QED) is 0.799. The van der Waals surface area contributed by atoms with Crippen LogP contribution >= 0.6 is 0 Å². The number of Topliss-reactive ketones (excluding diaryl/α,β-unsaturated/α-hetero) is 1. The van der Waals surface area contributed by atoms with Crippen LogP contribution in [0.15, 0.2) is 10.6 Å². The standard InChI is InChI=1S/C18H29NO4/c1-17(2,3)15(20)11-13-10-14(19-23-13)18(4,5)12-22-16-8-6-7-9-21-16/h10,16H,6-9,11-12H2,1-5H3. The lowest BCUT2D eigenvalue weighted by Gasteiger charge is -2.28. The highest BCUT2D eigenvalue weighted by Gasteiger charge is 2.29. The molecule has 0 N–H and O–H groups in total. The van der Waals surface area contributed by atoms with Crippen molar-refractivity contribution in [2.24, 2.45) is 5.41 Å². The Bertz CT molecular complexity index is 521. The lowest BCUT2D eigenvalue weighted by Crippen LogP contribution is -2.31. The zero-order chi connectivity index (χ0) is 17.1. The molecule has 130 valence electrons. The van der Waals surface area contributed by atoms with Crippen LogP contribution in [0.25, 0.3) is 0 Å². The van der Waals surface area contributed by atoms with E-state index in [1.54, 1.807) is 0 Å². The highest BCUT2D eigenvalue weighted by atomic mass is 16.7. The Labute approximate surface area is 138 Å². The van der Waals surface area contributed by atoms with Gasteiger partial charge in [0, 0.05) is 23.5 Å². The molecule has 0 spiro atoms. The molecule has 0 aliphatic carbocycles. The van der Waals surface area contributed by atoms with Gasteiger partial charge in [-0.15, -0.1) is 0 Å². The van der Waals surface area contributed by atoms with Gasteiger partial charge in [-0.3, -0.25) is 4.79 Å². The average molecular weight is 323 g/mol. The van der Waals surface area contributed by atoms with E-state index >= 15 is 0 Å². The van der Waals surface area contributed by atoms with Crippen molar-refractivity contribution in [3.63, 3.8) is 0 Å². The molecule has 0 amide bonds. The molecule has 5 nitrogen and oxygen atoms in total. The summed E-state index contributed by atoms with van der Waals surface area (Å²) in [7, 11) is 0. The van der Waals surface area contributed by atoms with Gasteiger partial charge in [-0.1, -0.05) is 39.8 Å². The summed E-state index contributed by atoms with van der Waals surface area (Å²) < 4.78 is 16.8. The first kappa shape index (κ1) is 18.1. The Morgan fingerprint density at radius 2 is 2.04 bits per heavy atom. The average Bonchev–Trinajstić information content (AvgIpc) is 2.95. The maximum absolute atomic E-state index is 12.1. The van der Waals surface area contributed by atoms with Crippen LogP contribution in [0.1, 0.15) is 65.3 Å². The van der Waals surface area contributed by atoms with Gasteiger partial charge in [0.05, 0.1) is 18.7 Å². The van der Waals surface area contributed by atoms with Gasteiger partial charge in [-0.05, 0) is 19.3 Å². The van der Waals surface area contributed by atoms with Crippen LogP contribution in [0.3, 0.4) is 0 Å². The van der Waals surface area contributed by atoms with Crippen molar-refractivity contribution >= 4 is 5.78 Å². The number of nitrogens with zero attached hydrogens (tertiary/aromatic N) is 1. The Morgan fingerprint density at radius 3 is 2.65 bits per heavy atom. The van der Waals surface area contributed by atoms with Crippen LogP contribution < -0.4 is 0 Å². The molecule has 0 aromatic carbocycles. The molecule has 23 heavy (non-hydrogen) atoms. The molecule has 0 radical (unpaired) electrons. The minimum absolute atomic E-state index is 0.114. The minimum atomic E-state index is -0.371. The molecule has 2 heterocycles. The third-order valence-corrected chi connectivity index (χ3v) is 4.19. The van der Waals surface area contributed by atoms with Gasteiger partial charge >= 0.3 is 0 Å². The number of hydrogen-bond donors (Lipinski definition) is 0. The van der Waals surface area contributed by atoms with Gasteiger partial charge in [-0.2, -0.15) is 0 Å². The Kier molecular flexibility index (Phi) is 5.63. The molecule has 0 saturated carbocycles. The van der Waals surface area contributed by atoms with E-state index in [1.165, 1.54) is 0 Å². The summed E-state index contributed by atoms with van der Waals surface area (Å²) in [5, 5.41) is 4.14. The predicted molar refractivity (Wildman–Crippen MR) is 87.2 cm³/mol. The summed E-state index contributed by atoms with van der Waals surface area (Å²) in [6.45, 7) is 11.1. The van der Waals surface area contributed by atoms with Crippen molar-refractivity contribution in [1.29, 1.82) is 0 Å². The van der Waals surface area contributed by atoms with Gasteiger partial charge in [-0.25, -0.2) is 0 Å². The summed E-state index contributed by atoms with van der Waals surface area (Å²) >= 11 is 0. The molecular formula is C18H29NO4. The fourth-order valence-corrected chi connectivity index (χ4v) is 2.36. The fraction of sp³-hybridized carbons (Fsp3) is 0.778. The maximum atomic E-state index is 12.1. The van der Waals surface area contributed by atoms with Crippen LogP contribution in [-0.4, -0.2) is 30.4 Å². The van der Waals surface area contributed by atoms with Crippen LogP contribution in [0, 0.1) is 5.41 Å². The van der Waals surface area contributed by atoms with Gasteiger partial charge in [0.1, 0.15) is 11.5 Å². The van der Waals surface area contributed by atoms with Crippen LogP contribution in [0.5, 0.6) is 0 Å². The second-order valence-corrected chi connectivity index (χ2v) is 8.02. The molecule has 1 unspecified atom stereocenters. The van der Waals surface area contributed by atoms with E-state index in [0.29, 0.717) is 12.4 Å². The SMILES string of the molecule is CC(C)(C)C(=O)Cc1cc(C(C)(C)COC2CCCCO2)no1. The van der Waals surface area contributed by atoms with E-state index < -0.39 is 0 Å². The zero-order valence-electron chi connectivity index (χ0n) is 15.0. The molecule has 1 saturated heterocycles. The fourth-order valence-electron chi connectivity index (χ4n) is 2.36. The van der Waals surface area contributed by atoms with E-state index in [-0.39, 0.29) is 29.3 Å². The number of carbonyl (C=O) groups excluding carboxylic acids is 1. The van der Waals surface area contributed by atoms with Crippen molar-refractivity contribution < 1.29 is 18.8 Å². The van der Waals surface area contributed by atoms with Crippen molar-refractivity contribution in [2.75, 3.05) is 13.2 Å². The molecule has 1 fully saturated rings. The van der Waals surface area contributed by atoms with E-state index in [1.807, 2.05) is 26.8 Å². The molecule has 5 heteroatoms. The number of hydrogen-bond acceptors (Lipinski definition) is 5.